The van der Waals surface area contributed by atoms with Crippen LogP contribution >= 0.6 is 0 Å². The number of amides is 3. The number of rotatable bonds is 4. The molecule has 0 bridgehead atoms. The molecule has 1 saturated heterocycles. The minimum Gasteiger partial charge on any atom is -0.347 e. The van der Waals surface area contributed by atoms with Crippen LogP contribution in [0.1, 0.15) is 40.8 Å². The van der Waals surface area contributed by atoms with Gasteiger partial charge in [0.25, 0.3) is 5.91 Å². The molecule has 3 heterocycles. The van der Waals surface area contributed by atoms with E-state index in [-0.39, 0.29) is 30.3 Å². The fraction of sp³-hybridized carbons (Fsp3) is 0.318. The van der Waals surface area contributed by atoms with Gasteiger partial charge in [-0.05, 0) is 42.7 Å². The van der Waals surface area contributed by atoms with Crippen LogP contribution in [0.5, 0.6) is 0 Å². The van der Waals surface area contributed by atoms with Crippen molar-refractivity contribution in [1.29, 1.82) is 0 Å². The number of benzene rings is 1. The molecule has 1 fully saturated rings. The number of imidazole rings is 1. The smallest absolute Gasteiger partial charge is 0.320 e. The highest BCUT2D eigenvalue weighted by atomic mass is 19.1. The van der Waals surface area contributed by atoms with Crippen molar-refractivity contribution in [3.8, 4) is 0 Å². The summed E-state index contributed by atoms with van der Waals surface area (Å²) in [4.78, 5) is 33.5. The number of likely N-dealkylation sites (tertiary alicyclic amines) is 1. The van der Waals surface area contributed by atoms with Crippen LogP contribution in [-0.2, 0) is 6.54 Å². The van der Waals surface area contributed by atoms with Gasteiger partial charge in [0.2, 0.25) is 0 Å². The molecule has 0 spiro atoms. The van der Waals surface area contributed by atoms with Crippen LogP contribution < -0.4 is 5.32 Å². The van der Waals surface area contributed by atoms with E-state index in [2.05, 4.69) is 10.3 Å². The molecule has 1 aliphatic heterocycles. The number of halogens is 1. The number of nitrogens with one attached hydrogen (secondary N) is 1. The monoisotopic (exact) mass is 409 g/mol. The second-order valence-corrected chi connectivity index (χ2v) is 7.61. The first-order chi connectivity index (χ1) is 14.5. The first kappa shape index (κ1) is 19.9. The highest BCUT2D eigenvalue weighted by Gasteiger charge is 2.34. The summed E-state index contributed by atoms with van der Waals surface area (Å²) in [6.45, 7) is 0.935. The normalized spacial score (nSPS) is 16.1. The largest absolute Gasteiger partial charge is 0.347 e. The van der Waals surface area contributed by atoms with E-state index >= 15 is 0 Å². The number of fused-ring (bicyclic) bond motifs is 1. The van der Waals surface area contributed by atoms with Gasteiger partial charge in [0.05, 0.1) is 11.6 Å². The molecule has 1 atom stereocenters. The fourth-order valence-corrected chi connectivity index (χ4v) is 3.85. The van der Waals surface area contributed by atoms with Crippen molar-refractivity contribution >= 4 is 17.5 Å². The summed E-state index contributed by atoms with van der Waals surface area (Å²) in [6.07, 6.45) is 3.55. The van der Waals surface area contributed by atoms with Crippen LogP contribution in [-0.4, -0.2) is 51.8 Å². The SMILES string of the molecule is CN(C)C(=O)N1CCC[C@@H]1c1nc(C(=O)NCc2ccc(F)cc2)c2ccccn12. The molecule has 2 aromatic heterocycles. The van der Waals surface area contributed by atoms with Gasteiger partial charge in [0.1, 0.15) is 11.6 Å². The number of carbonyl (C=O) groups is 2. The maximum absolute atomic E-state index is 13.1. The fourth-order valence-electron chi connectivity index (χ4n) is 3.85. The molecule has 0 saturated carbocycles. The molecule has 1 N–H and O–H groups in total. The molecule has 1 aliphatic rings. The zero-order valence-electron chi connectivity index (χ0n) is 17.0. The minimum absolute atomic E-state index is 0.0625. The van der Waals surface area contributed by atoms with Crippen LogP contribution in [0.2, 0.25) is 0 Å². The number of hydrogen-bond donors (Lipinski definition) is 1. The number of hydrogen-bond acceptors (Lipinski definition) is 3. The van der Waals surface area contributed by atoms with Crippen LogP contribution in [0.4, 0.5) is 9.18 Å². The lowest BCUT2D eigenvalue weighted by Crippen LogP contribution is -2.39. The van der Waals surface area contributed by atoms with E-state index in [1.54, 1.807) is 31.1 Å². The minimum atomic E-state index is -0.316. The Labute approximate surface area is 174 Å². The standard InChI is InChI=1S/C22H24FN5O2/c1-26(2)22(30)28-13-5-7-18(28)20-25-19(17-6-3-4-12-27(17)20)21(29)24-14-15-8-10-16(23)11-9-15/h3-4,6,8-12,18H,5,7,13-14H2,1-2H3,(H,24,29)/t18-/m1/s1. The quantitative estimate of drug-likeness (QED) is 0.719. The molecule has 0 radical (unpaired) electrons. The third-order valence-corrected chi connectivity index (χ3v) is 5.34. The first-order valence-corrected chi connectivity index (χ1v) is 9.93. The lowest BCUT2D eigenvalue weighted by Gasteiger charge is -2.27. The van der Waals surface area contributed by atoms with Crippen molar-refractivity contribution in [3.63, 3.8) is 0 Å². The van der Waals surface area contributed by atoms with Gasteiger partial charge in [-0.25, -0.2) is 14.2 Å². The molecule has 4 rings (SSSR count). The lowest BCUT2D eigenvalue weighted by molar-refractivity contribution is 0.0948. The second kappa shape index (κ2) is 8.14. The van der Waals surface area contributed by atoms with Gasteiger partial charge < -0.3 is 19.5 Å². The van der Waals surface area contributed by atoms with E-state index in [1.165, 1.54) is 12.1 Å². The third kappa shape index (κ3) is 3.72. The summed E-state index contributed by atoms with van der Waals surface area (Å²) in [5, 5.41) is 2.86. The van der Waals surface area contributed by atoms with Gasteiger partial charge in [-0.1, -0.05) is 18.2 Å². The highest BCUT2D eigenvalue weighted by Crippen LogP contribution is 2.33. The van der Waals surface area contributed by atoms with E-state index in [0.717, 1.165) is 18.4 Å². The maximum Gasteiger partial charge on any atom is 0.320 e. The predicted octanol–water partition coefficient (Wildman–Crippen LogP) is 3.22. The Morgan fingerprint density at radius 1 is 1.20 bits per heavy atom. The van der Waals surface area contributed by atoms with Crippen molar-refractivity contribution in [1.82, 2.24) is 24.5 Å². The number of carbonyl (C=O) groups excluding carboxylic acids is 2. The molecular formula is C22H24FN5O2. The van der Waals surface area contributed by atoms with Crippen LogP contribution in [0.15, 0.2) is 48.7 Å². The molecule has 3 amide bonds. The van der Waals surface area contributed by atoms with E-state index < -0.39 is 0 Å². The second-order valence-electron chi connectivity index (χ2n) is 7.61. The van der Waals surface area contributed by atoms with E-state index in [0.29, 0.717) is 23.6 Å². The van der Waals surface area contributed by atoms with E-state index in [1.807, 2.05) is 33.7 Å². The van der Waals surface area contributed by atoms with Gasteiger partial charge in [-0.3, -0.25) is 4.79 Å². The number of aromatic nitrogens is 2. The summed E-state index contributed by atoms with van der Waals surface area (Å²) in [7, 11) is 3.46. The topological polar surface area (TPSA) is 70.0 Å². The van der Waals surface area contributed by atoms with Crippen molar-refractivity contribution in [2.75, 3.05) is 20.6 Å². The van der Waals surface area contributed by atoms with Crippen molar-refractivity contribution in [3.05, 3.63) is 71.6 Å². The number of urea groups is 1. The van der Waals surface area contributed by atoms with Gasteiger partial charge in [0, 0.05) is 33.4 Å². The maximum atomic E-state index is 13.1. The molecule has 0 aliphatic carbocycles. The summed E-state index contributed by atoms with van der Waals surface area (Å²) in [5.74, 6) is 0.0613. The van der Waals surface area contributed by atoms with Crippen molar-refractivity contribution < 1.29 is 14.0 Å². The summed E-state index contributed by atoms with van der Waals surface area (Å²) in [5.41, 5.74) is 1.80. The Bertz CT molecular complexity index is 1080. The summed E-state index contributed by atoms with van der Waals surface area (Å²) < 4.78 is 15.0. The Hall–Kier alpha value is -3.42. The van der Waals surface area contributed by atoms with Crippen molar-refractivity contribution in [2.24, 2.45) is 0 Å². The van der Waals surface area contributed by atoms with Crippen LogP contribution in [0.25, 0.3) is 5.52 Å². The molecule has 156 valence electrons. The first-order valence-electron chi connectivity index (χ1n) is 9.93. The van der Waals surface area contributed by atoms with Gasteiger partial charge >= 0.3 is 6.03 Å². The summed E-state index contributed by atoms with van der Waals surface area (Å²) >= 11 is 0. The van der Waals surface area contributed by atoms with Gasteiger partial charge in [0.15, 0.2) is 5.69 Å². The molecule has 8 heteroatoms. The number of pyridine rings is 1. The van der Waals surface area contributed by atoms with Crippen LogP contribution in [0, 0.1) is 5.82 Å². The Morgan fingerprint density at radius 2 is 1.97 bits per heavy atom. The Balaban J connectivity index is 1.63. The van der Waals surface area contributed by atoms with Gasteiger partial charge in [-0.15, -0.1) is 0 Å². The molecule has 30 heavy (non-hydrogen) atoms. The average molecular weight is 409 g/mol. The van der Waals surface area contributed by atoms with Crippen molar-refractivity contribution in [2.45, 2.75) is 25.4 Å². The Morgan fingerprint density at radius 3 is 2.70 bits per heavy atom. The highest BCUT2D eigenvalue weighted by molar-refractivity contribution is 5.99. The van der Waals surface area contributed by atoms with Crippen LogP contribution in [0.3, 0.4) is 0 Å². The Kier molecular flexibility index (Phi) is 5.39. The van der Waals surface area contributed by atoms with E-state index in [9.17, 15) is 14.0 Å². The molecule has 3 aromatic rings. The molecule has 1 aromatic carbocycles. The zero-order valence-corrected chi connectivity index (χ0v) is 17.0. The predicted molar refractivity (Wildman–Crippen MR) is 111 cm³/mol. The average Bonchev–Trinajstić information content (AvgIpc) is 3.37. The molecular weight excluding hydrogens is 385 g/mol. The third-order valence-electron chi connectivity index (χ3n) is 5.34. The zero-order chi connectivity index (χ0) is 21.3. The lowest BCUT2D eigenvalue weighted by atomic mass is 10.2. The van der Waals surface area contributed by atoms with Gasteiger partial charge in [-0.2, -0.15) is 0 Å². The number of nitrogens with zero attached hydrogens (tertiary/aromatic N) is 4. The molecule has 0 unspecified atom stereocenters. The summed E-state index contributed by atoms with van der Waals surface area (Å²) in [6, 6.07) is 11.3. The molecule has 7 nitrogen and oxygen atoms in total. The van der Waals surface area contributed by atoms with E-state index in [4.69, 9.17) is 0 Å².